The van der Waals surface area contributed by atoms with Gasteiger partial charge in [0.2, 0.25) is 0 Å². The zero-order valence-corrected chi connectivity index (χ0v) is 8.08. The minimum absolute atomic E-state index is 0.160. The zero-order chi connectivity index (χ0) is 10.4. The number of aromatic nitrogens is 2. The third kappa shape index (κ3) is 1.11. The summed E-state index contributed by atoms with van der Waals surface area (Å²) < 4.78 is 28.0. The predicted molar refractivity (Wildman–Crippen MR) is 53.0 cm³/mol. The summed E-state index contributed by atoms with van der Waals surface area (Å²) in [6.45, 7) is -0.408. The quantitative estimate of drug-likeness (QED) is 0.704. The van der Waals surface area contributed by atoms with Gasteiger partial charge in [-0.05, 0) is 18.6 Å². The molecular formula is C11H10F2N2. The average Bonchev–Trinajstić information content (AvgIpc) is 2.77. The minimum Gasteiger partial charge on any atom is -0.322 e. The molecule has 78 valence electrons. The Hall–Kier alpha value is -1.45. The first-order valence-corrected chi connectivity index (χ1v) is 5.02. The van der Waals surface area contributed by atoms with Crippen LogP contribution in [0.4, 0.5) is 8.78 Å². The number of rotatable bonds is 1. The fourth-order valence-corrected chi connectivity index (χ4v) is 2.29. The Kier molecular flexibility index (Phi) is 1.78. The Morgan fingerprint density at radius 3 is 3.13 bits per heavy atom. The van der Waals surface area contributed by atoms with Crippen molar-refractivity contribution in [2.75, 3.05) is 6.67 Å². The van der Waals surface area contributed by atoms with Gasteiger partial charge in [0.1, 0.15) is 18.0 Å². The summed E-state index contributed by atoms with van der Waals surface area (Å²) in [7, 11) is 0. The van der Waals surface area contributed by atoms with Crippen molar-refractivity contribution in [1.82, 2.24) is 9.55 Å². The fraction of sp³-hybridized carbons (Fsp3) is 0.364. The summed E-state index contributed by atoms with van der Waals surface area (Å²) in [4.78, 5) is 4.21. The van der Waals surface area contributed by atoms with Gasteiger partial charge in [-0.25, -0.2) is 13.8 Å². The molecule has 2 heterocycles. The minimum atomic E-state index is -0.408. The smallest absolute Gasteiger partial charge is 0.151 e. The van der Waals surface area contributed by atoms with Crippen LogP contribution >= 0.6 is 0 Å². The van der Waals surface area contributed by atoms with Crippen molar-refractivity contribution in [2.24, 2.45) is 0 Å². The van der Waals surface area contributed by atoms with Gasteiger partial charge in [0.15, 0.2) is 5.82 Å². The molecule has 2 aromatic rings. The number of benzene rings is 1. The summed E-state index contributed by atoms with van der Waals surface area (Å²) in [6, 6.07) is 4.66. The van der Waals surface area contributed by atoms with Gasteiger partial charge >= 0.3 is 0 Å². The second kappa shape index (κ2) is 3.02. The Morgan fingerprint density at radius 2 is 2.33 bits per heavy atom. The number of hydrogen-bond acceptors (Lipinski definition) is 1. The Morgan fingerprint density at radius 1 is 1.47 bits per heavy atom. The maximum atomic E-state index is 13.4. The maximum Gasteiger partial charge on any atom is 0.151 e. The molecule has 3 rings (SSSR count). The van der Waals surface area contributed by atoms with Crippen LogP contribution in [0.15, 0.2) is 18.2 Å². The van der Waals surface area contributed by atoms with Crippen molar-refractivity contribution in [2.45, 2.75) is 18.9 Å². The van der Waals surface area contributed by atoms with Crippen LogP contribution in [0.3, 0.4) is 0 Å². The van der Waals surface area contributed by atoms with Gasteiger partial charge in [0.25, 0.3) is 0 Å². The molecule has 0 aliphatic carbocycles. The van der Waals surface area contributed by atoms with Crippen molar-refractivity contribution in [3.63, 3.8) is 0 Å². The van der Waals surface area contributed by atoms with Gasteiger partial charge in [-0.1, -0.05) is 6.07 Å². The standard InChI is InChI=1S/C11H10F2N2/c12-6-7-4-5-10-14-11-8(13)2-1-3-9(11)15(7)10/h1-3,7H,4-6H2. The van der Waals surface area contributed by atoms with Crippen molar-refractivity contribution in [3.05, 3.63) is 29.8 Å². The van der Waals surface area contributed by atoms with E-state index >= 15 is 0 Å². The van der Waals surface area contributed by atoms with E-state index in [1.165, 1.54) is 6.07 Å². The molecule has 0 radical (unpaired) electrons. The molecule has 0 saturated heterocycles. The van der Waals surface area contributed by atoms with E-state index in [0.29, 0.717) is 11.0 Å². The molecule has 2 nitrogen and oxygen atoms in total. The van der Waals surface area contributed by atoms with Crippen LogP contribution in [0.25, 0.3) is 11.0 Å². The number of hydrogen-bond donors (Lipinski definition) is 0. The summed E-state index contributed by atoms with van der Waals surface area (Å²) >= 11 is 0. The molecule has 0 N–H and O–H groups in total. The highest BCUT2D eigenvalue weighted by Crippen LogP contribution is 2.31. The molecule has 0 bridgehead atoms. The second-order valence-corrected chi connectivity index (χ2v) is 3.85. The van der Waals surface area contributed by atoms with Gasteiger partial charge in [0.05, 0.1) is 11.6 Å². The van der Waals surface area contributed by atoms with E-state index in [0.717, 1.165) is 18.7 Å². The molecule has 1 aromatic carbocycles. The first kappa shape index (κ1) is 8.83. The van der Waals surface area contributed by atoms with E-state index in [1.807, 2.05) is 4.57 Å². The van der Waals surface area contributed by atoms with E-state index in [1.54, 1.807) is 12.1 Å². The molecular weight excluding hydrogens is 198 g/mol. The number of para-hydroxylation sites is 1. The molecule has 4 heteroatoms. The van der Waals surface area contributed by atoms with Crippen LogP contribution in [-0.4, -0.2) is 16.2 Å². The number of alkyl halides is 1. The Balaban J connectivity index is 2.32. The Bertz CT molecular complexity index is 519. The van der Waals surface area contributed by atoms with E-state index < -0.39 is 6.67 Å². The fourth-order valence-electron chi connectivity index (χ4n) is 2.29. The summed E-state index contributed by atoms with van der Waals surface area (Å²) in [6.07, 6.45) is 1.51. The van der Waals surface area contributed by atoms with Gasteiger partial charge in [0, 0.05) is 6.42 Å². The summed E-state index contributed by atoms with van der Waals surface area (Å²) in [5.41, 5.74) is 1.08. The summed E-state index contributed by atoms with van der Waals surface area (Å²) in [5, 5.41) is 0. The number of nitrogens with zero attached hydrogens (tertiary/aromatic N) is 2. The molecule has 1 aliphatic rings. The highest BCUT2D eigenvalue weighted by molar-refractivity contribution is 5.77. The largest absolute Gasteiger partial charge is 0.322 e. The second-order valence-electron chi connectivity index (χ2n) is 3.85. The van der Waals surface area contributed by atoms with E-state index in [-0.39, 0.29) is 11.9 Å². The SMILES string of the molecule is FCC1CCc2nc3c(F)cccc3n21. The molecule has 0 saturated carbocycles. The maximum absolute atomic E-state index is 13.4. The monoisotopic (exact) mass is 208 g/mol. The van der Waals surface area contributed by atoms with Gasteiger partial charge in [-0.2, -0.15) is 0 Å². The van der Waals surface area contributed by atoms with Gasteiger partial charge < -0.3 is 4.57 Å². The van der Waals surface area contributed by atoms with Crippen LogP contribution in [0, 0.1) is 5.82 Å². The van der Waals surface area contributed by atoms with Gasteiger partial charge in [-0.3, -0.25) is 0 Å². The highest BCUT2D eigenvalue weighted by atomic mass is 19.1. The lowest BCUT2D eigenvalue weighted by Gasteiger charge is -2.08. The van der Waals surface area contributed by atoms with E-state index in [4.69, 9.17) is 0 Å². The lowest BCUT2D eigenvalue weighted by molar-refractivity contribution is 0.372. The van der Waals surface area contributed by atoms with Crippen LogP contribution in [0.2, 0.25) is 0 Å². The number of aryl methyl sites for hydroxylation is 1. The van der Waals surface area contributed by atoms with Crippen LogP contribution < -0.4 is 0 Å². The predicted octanol–water partition coefficient (Wildman–Crippen LogP) is 2.63. The van der Waals surface area contributed by atoms with Crippen LogP contribution in [-0.2, 0) is 6.42 Å². The van der Waals surface area contributed by atoms with Gasteiger partial charge in [-0.15, -0.1) is 0 Å². The molecule has 15 heavy (non-hydrogen) atoms. The van der Waals surface area contributed by atoms with Crippen LogP contribution in [0.5, 0.6) is 0 Å². The van der Waals surface area contributed by atoms with Crippen LogP contribution in [0.1, 0.15) is 18.3 Å². The Labute approximate surface area is 85.5 Å². The van der Waals surface area contributed by atoms with E-state index in [2.05, 4.69) is 4.98 Å². The number of fused-ring (bicyclic) bond motifs is 3. The van der Waals surface area contributed by atoms with Crippen molar-refractivity contribution in [3.8, 4) is 0 Å². The molecule has 1 unspecified atom stereocenters. The third-order valence-electron chi connectivity index (χ3n) is 2.99. The molecule has 1 aromatic heterocycles. The van der Waals surface area contributed by atoms with E-state index in [9.17, 15) is 8.78 Å². The topological polar surface area (TPSA) is 17.8 Å². The molecule has 0 spiro atoms. The first-order chi connectivity index (χ1) is 7.31. The van der Waals surface area contributed by atoms with Crippen molar-refractivity contribution in [1.29, 1.82) is 0 Å². The lowest BCUT2D eigenvalue weighted by Crippen LogP contribution is -2.05. The molecule has 1 aliphatic heterocycles. The summed E-state index contributed by atoms with van der Waals surface area (Å²) in [5.74, 6) is 0.477. The number of imidazole rings is 1. The molecule has 0 amide bonds. The third-order valence-corrected chi connectivity index (χ3v) is 2.99. The number of halogens is 2. The van der Waals surface area contributed by atoms with Crippen molar-refractivity contribution < 1.29 is 8.78 Å². The first-order valence-electron chi connectivity index (χ1n) is 5.02. The highest BCUT2D eigenvalue weighted by Gasteiger charge is 2.26. The normalized spacial score (nSPS) is 19.7. The molecule has 0 fully saturated rings. The zero-order valence-electron chi connectivity index (χ0n) is 8.08. The average molecular weight is 208 g/mol. The molecule has 1 atom stereocenters. The lowest BCUT2D eigenvalue weighted by atomic mass is 10.2. The van der Waals surface area contributed by atoms with Crippen molar-refractivity contribution >= 4 is 11.0 Å².